The molecule has 3 N–H and O–H groups in total. The van der Waals surface area contributed by atoms with Crippen LogP contribution in [0, 0.1) is 6.92 Å². The minimum atomic E-state index is -4.85. The van der Waals surface area contributed by atoms with E-state index in [4.69, 9.17) is 15.2 Å². The van der Waals surface area contributed by atoms with Gasteiger partial charge in [0.25, 0.3) is 0 Å². The topological polar surface area (TPSA) is 133 Å². The molecule has 1 spiro atoms. The van der Waals surface area contributed by atoms with Gasteiger partial charge in [0.05, 0.1) is 17.8 Å². The number of aromatic nitrogens is 1. The number of primary amides is 1. The van der Waals surface area contributed by atoms with Crippen molar-refractivity contribution in [1.82, 2.24) is 15.2 Å². The van der Waals surface area contributed by atoms with Gasteiger partial charge >= 0.3 is 12.5 Å². The molecule has 2 aromatic rings. The number of amides is 3. The van der Waals surface area contributed by atoms with Crippen LogP contribution >= 0.6 is 0 Å². The van der Waals surface area contributed by atoms with Gasteiger partial charge in [0, 0.05) is 17.4 Å². The van der Waals surface area contributed by atoms with Gasteiger partial charge in [0.2, 0.25) is 11.8 Å². The molecule has 2 aliphatic rings. The minimum Gasteiger partial charge on any atom is -0.483 e. The van der Waals surface area contributed by atoms with Crippen molar-refractivity contribution in [1.29, 1.82) is 0 Å². The number of carbonyl (C=O) groups excluding carboxylic acids is 3. The fourth-order valence-electron chi connectivity index (χ4n) is 6.04. The Morgan fingerprint density at radius 3 is 2.62 bits per heavy atom. The first kappa shape index (κ1) is 33.9. The molecule has 13 heteroatoms. The summed E-state index contributed by atoms with van der Waals surface area (Å²) < 4.78 is 54.7. The number of likely N-dealkylation sites (tertiary alicyclic amines) is 1. The number of hydrogen-bond donors (Lipinski definition) is 2. The number of benzene rings is 1. The second-order valence-electron chi connectivity index (χ2n) is 12.7. The van der Waals surface area contributed by atoms with E-state index in [9.17, 15) is 27.6 Å². The number of nitrogens with zero attached hydrogens (tertiary/aromatic N) is 2. The number of alkyl halides is 3. The Bertz CT molecular complexity index is 1460. The number of nitrogens with one attached hydrogen (secondary N) is 1. The highest BCUT2D eigenvalue weighted by molar-refractivity contribution is 5.92. The van der Waals surface area contributed by atoms with Gasteiger partial charge in [-0.05, 0) is 78.0 Å². The number of hydrogen-bond acceptors (Lipinski definition) is 7. The number of aryl methyl sites for hydroxylation is 2. The number of unbranched alkanes of at least 4 members (excludes halogenated alkanes) is 3. The van der Waals surface area contributed by atoms with Crippen LogP contribution in [0.2, 0.25) is 0 Å². The average Bonchev–Trinajstić information content (AvgIpc) is 3.29. The lowest BCUT2D eigenvalue weighted by molar-refractivity contribution is -0.274. The molecule has 1 aromatic heterocycles. The summed E-state index contributed by atoms with van der Waals surface area (Å²) in [5, 5.41) is 3.15. The summed E-state index contributed by atoms with van der Waals surface area (Å²) in [6, 6.07) is 1.99. The number of halogens is 3. The highest BCUT2D eigenvalue weighted by Gasteiger charge is 2.52. The predicted molar refractivity (Wildman–Crippen MR) is 161 cm³/mol. The molecule has 1 fully saturated rings. The number of ether oxygens (including phenoxy) is 3. The van der Waals surface area contributed by atoms with Gasteiger partial charge in [-0.3, -0.25) is 9.59 Å². The first-order valence-corrected chi connectivity index (χ1v) is 15.1. The number of alkyl carbamates (subject to hydrolysis) is 1. The Balaban J connectivity index is 1.60. The highest BCUT2D eigenvalue weighted by Crippen LogP contribution is 2.45. The Morgan fingerprint density at radius 1 is 1.24 bits per heavy atom. The van der Waals surface area contributed by atoms with E-state index >= 15 is 0 Å². The fraction of sp³-hybridized carbons (Fsp3) is 0.562. The summed E-state index contributed by atoms with van der Waals surface area (Å²) >= 11 is 0. The van der Waals surface area contributed by atoms with Crippen molar-refractivity contribution >= 4 is 28.8 Å². The second kappa shape index (κ2) is 13.1. The summed E-state index contributed by atoms with van der Waals surface area (Å²) in [5.74, 6) is -1.16. The number of carbonyl (C=O) groups is 3. The van der Waals surface area contributed by atoms with Gasteiger partial charge in [-0.25, -0.2) is 9.78 Å². The van der Waals surface area contributed by atoms with E-state index in [0.29, 0.717) is 53.6 Å². The van der Waals surface area contributed by atoms with Crippen molar-refractivity contribution in [2.24, 2.45) is 5.73 Å². The molecular formula is C32H41F3N4O6. The lowest BCUT2D eigenvalue weighted by atomic mass is 9.87. The van der Waals surface area contributed by atoms with Gasteiger partial charge in [-0.1, -0.05) is 18.9 Å². The van der Waals surface area contributed by atoms with Crippen molar-refractivity contribution in [3.05, 3.63) is 42.1 Å². The van der Waals surface area contributed by atoms with Crippen LogP contribution in [0.15, 0.2) is 30.9 Å². The molecular weight excluding hydrogens is 593 g/mol. The molecule has 3 amide bonds. The largest absolute Gasteiger partial charge is 0.573 e. The lowest BCUT2D eigenvalue weighted by Crippen LogP contribution is -2.54. The molecule has 45 heavy (non-hydrogen) atoms. The predicted octanol–water partition coefficient (Wildman–Crippen LogP) is 5.62. The Hall–Kier alpha value is -4.03. The van der Waals surface area contributed by atoms with Crippen LogP contribution < -0.4 is 20.5 Å². The molecule has 2 aliphatic heterocycles. The standard InChI is InChI=1S/C32H41F3N4O6/c1-6-7-8-9-10-11-24(38-29(42)45-30(3,4)5)28(41)39-18-31(17-25(39)27(36)40)15-14-21-22-16-20(43-32(33,34)35)12-13-23(22)37-19(2)26(21)44-31/h6,12-13,16,24-25H,1,7-11,14-15,17-18H2,2-5H3,(H2,36,40)(H,38,42)/t24-,25-,31+/m0/s1. The number of rotatable bonds is 10. The van der Waals surface area contributed by atoms with Crippen molar-refractivity contribution in [3.8, 4) is 11.5 Å². The quantitative estimate of drug-likeness (QED) is 0.256. The van der Waals surface area contributed by atoms with E-state index in [-0.39, 0.29) is 18.7 Å². The fourth-order valence-corrected chi connectivity index (χ4v) is 6.04. The molecule has 246 valence electrons. The molecule has 1 aromatic carbocycles. The Kier molecular flexibility index (Phi) is 9.88. The summed E-state index contributed by atoms with van der Waals surface area (Å²) in [5.41, 5.74) is 5.69. The molecule has 3 heterocycles. The van der Waals surface area contributed by atoms with Gasteiger partial charge in [-0.2, -0.15) is 0 Å². The van der Waals surface area contributed by atoms with Gasteiger partial charge in [-0.15, -0.1) is 19.8 Å². The number of allylic oxidation sites excluding steroid dienone is 1. The van der Waals surface area contributed by atoms with Crippen molar-refractivity contribution in [2.45, 2.75) is 109 Å². The van der Waals surface area contributed by atoms with E-state index in [1.807, 2.05) is 6.08 Å². The normalized spacial score (nSPS) is 20.3. The lowest BCUT2D eigenvalue weighted by Gasteiger charge is -2.36. The molecule has 10 nitrogen and oxygen atoms in total. The maximum atomic E-state index is 14.0. The zero-order valence-corrected chi connectivity index (χ0v) is 26.1. The summed E-state index contributed by atoms with van der Waals surface area (Å²) in [4.78, 5) is 45.3. The second-order valence-corrected chi connectivity index (χ2v) is 12.7. The molecule has 0 radical (unpaired) electrons. The van der Waals surface area contributed by atoms with Crippen LogP contribution in [0.4, 0.5) is 18.0 Å². The van der Waals surface area contributed by atoms with Crippen LogP contribution in [-0.4, -0.2) is 64.0 Å². The maximum Gasteiger partial charge on any atom is 0.573 e. The third kappa shape index (κ3) is 8.37. The van der Waals surface area contributed by atoms with Crippen LogP contribution in [0.5, 0.6) is 11.5 Å². The Labute approximate surface area is 260 Å². The van der Waals surface area contributed by atoms with E-state index in [2.05, 4.69) is 21.6 Å². The van der Waals surface area contributed by atoms with E-state index in [0.717, 1.165) is 19.3 Å². The highest BCUT2D eigenvalue weighted by atomic mass is 19.4. The summed E-state index contributed by atoms with van der Waals surface area (Å²) in [6.45, 7) is 10.6. The number of fused-ring (bicyclic) bond motifs is 3. The van der Waals surface area contributed by atoms with Crippen LogP contribution in [0.1, 0.15) is 77.0 Å². The SMILES string of the molecule is C=CCCCCC[C@H](NC(=O)OC(C)(C)C)C(=O)N1C[C@@]2(CCc3c(c(C)nc4ccc(OC(F)(F)F)cc34)O2)C[C@H]1C(N)=O. The molecule has 0 bridgehead atoms. The zero-order valence-electron chi connectivity index (χ0n) is 26.1. The van der Waals surface area contributed by atoms with Crippen molar-refractivity contribution in [2.75, 3.05) is 6.54 Å². The van der Waals surface area contributed by atoms with Crippen molar-refractivity contribution < 1.29 is 41.8 Å². The van der Waals surface area contributed by atoms with E-state index < -0.39 is 47.6 Å². The molecule has 0 unspecified atom stereocenters. The van der Waals surface area contributed by atoms with E-state index in [1.54, 1.807) is 27.7 Å². The average molecular weight is 635 g/mol. The molecule has 4 rings (SSSR count). The van der Waals surface area contributed by atoms with Crippen LogP contribution in [-0.2, 0) is 20.7 Å². The minimum absolute atomic E-state index is 0.0243. The zero-order chi connectivity index (χ0) is 33.2. The monoisotopic (exact) mass is 634 g/mol. The molecule has 1 saturated heterocycles. The van der Waals surface area contributed by atoms with Gasteiger partial charge in [0.1, 0.15) is 34.8 Å². The van der Waals surface area contributed by atoms with E-state index in [1.165, 1.54) is 23.1 Å². The Morgan fingerprint density at radius 2 is 1.98 bits per heavy atom. The maximum absolute atomic E-state index is 14.0. The number of pyridine rings is 1. The summed E-state index contributed by atoms with van der Waals surface area (Å²) in [7, 11) is 0. The third-order valence-corrected chi connectivity index (χ3v) is 7.97. The molecule has 0 saturated carbocycles. The molecule has 3 atom stereocenters. The van der Waals surface area contributed by atoms with Gasteiger partial charge in [0.15, 0.2) is 0 Å². The first-order valence-electron chi connectivity index (χ1n) is 15.1. The van der Waals surface area contributed by atoms with Crippen molar-refractivity contribution in [3.63, 3.8) is 0 Å². The van der Waals surface area contributed by atoms with Crippen LogP contribution in [0.25, 0.3) is 10.9 Å². The third-order valence-electron chi connectivity index (χ3n) is 7.97. The van der Waals surface area contributed by atoms with Gasteiger partial charge < -0.3 is 30.2 Å². The first-order chi connectivity index (χ1) is 21.0. The van der Waals surface area contributed by atoms with Crippen LogP contribution in [0.3, 0.4) is 0 Å². The summed E-state index contributed by atoms with van der Waals surface area (Å²) in [6.07, 6.45) is 0.574. The molecule has 0 aliphatic carbocycles. The smallest absolute Gasteiger partial charge is 0.483 e. The number of nitrogens with two attached hydrogens (primary N) is 1.